The minimum absolute atomic E-state index is 0.112. The molecule has 0 spiro atoms. The van der Waals surface area contributed by atoms with Crippen LogP contribution in [0.5, 0.6) is 0 Å². The molecule has 0 radical (unpaired) electrons. The summed E-state index contributed by atoms with van der Waals surface area (Å²) in [4.78, 5) is 95.8. The van der Waals surface area contributed by atoms with E-state index in [1.54, 1.807) is 33.3 Å². The number of benzene rings is 2. The van der Waals surface area contributed by atoms with Crippen LogP contribution in [0.15, 0.2) is 48.5 Å². The van der Waals surface area contributed by atoms with Crippen LogP contribution in [0, 0.1) is 22.7 Å². The second-order valence-corrected chi connectivity index (χ2v) is 27.1. The van der Waals surface area contributed by atoms with Crippen LogP contribution < -0.4 is 42.5 Å². The zero-order valence-corrected chi connectivity index (χ0v) is 49.6. The van der Waals surface area contributed by atoms with Crippen molar-refractivity contribution in [2.45, 2.75) is 139 Å². The minimum Gasteiger partial charge on any atom is -0.367 e. The Labute approximate surface area is 479 Å². The van der Waals surface area contributed by atoms with Gasteiger partial charge in [-0.05, 0) is 111 Å². The highest BCUT2D eigenvalue weighted by Crippen LogP contribution is 2.49. The van der Waals surface area contributed by atoms with Gasteiger partial charge in [-0.2, -0.15) is 0 Å². The lowest BCUT2D eigenvalue weighted by Crippen LogP contribution is -2.58. The molecule has 0 bridgehead atoms. The van der Waals surface area contributed by atoms with E-state index < -0.39 is 58.9 Å². The summed E-state index contributed by atoms with van der Waals surface area (Å²) in [6, 6.07) is 11.8. The van der Waals surface area contributed by atoms with Gasteiger partial charge in [0.05, 0.1) is 70.1 Å². The molecule has 5 fully saturated rings. The normalized spacial score (nSPS) is 30.1. The monoisotopic (exact) mass is 1140 g/mol. The molecule has 2 aromatic rings. The third kappa shape index (κ3) is 12.1. The van der Waals surface area contributed by atoms with Crippen molar-refractivity contribution in [2.24, 2.45) is 22.7 Å². The summed E-state index contributed by atoms with van der Waals surface area (Å²) in [5, 5.41) is 25.6. The molecule has 0 unspecified atom stereocenters. The third-order valence-electron chi connectivity index (χ3n) is 17.5. The van der Waals surface area contributed by atoms with Gasteiger partial charge in [-0.3, -0.25) is 38.6 Å². The second-order valence-electron chi connectivity index (χ2n) is 23.7. The molecular weight excluding hydrogens is 1060 g/mol. The molecule has 5 saturated heterocycles. The average Bonchev–Trinajstić information content (AvgIpc) is 4.19. The number of hydrogen-bond donors (Lipinski definition) is 8. The third-order valence-corrected chi connectivity index (χ3v) is 21.0. The van der Waals surface area contributed by atoms with Gasteiger partial charge in [0.1, 0.15) is 24.2 Å². The SMILES string of the molecule is CN[C@@H](C)C(=S)N[C@H]1CCS[C@H]2CC(C)(C)[C@@H](C(=O)N[C@H]3c4ccccc4C[C@H]3C(=O)NCN3CCN(CNC(=O)[C@@H]4Cc5ccccc5[C@@H]4NC(=O)[C@H]4N5C(=O)[C@@H](NC(=S)[C@H](C)NC)CCS[C@H]5CC4(C)C)CC3)N2C1=O. The van der Waals surface area contributed by atoms with E-state index in [1.165, 1.54) is 0 Å². The van der Waals surface area contributed by atoms with Crippen molar-refractivity contribution in [1.82, 2.24) is 62.1 Å². The van der Waals surface area contributed by atoms with Gasteiger partial charge < -0.3 is 52.3 Å². The molecule has 0 saturated carbocycles. The van der Waals surface area contributed by atoms with E-state index in [4.69, 9.17) is 24.4 Å². The minimum atomic E-state index is -0.737. The highest BCUT2D eigenvalue weighted by molar-refractivity contribution is 8.00. The first-order valence-corrected chi connectivity index (χ1v) is 30.7. The Hall–Kier alpha value is -4.42. The maximum absolute atomic E-state index is 14.7. The van der Waals surface area contributed by atoms with Crippen LogP contribution in [0.3, 0.4) is 0 Å². The molecule has 5 heterocycles. The summed E-state index contributed by atoms with van der Waals surface area (Å²) < 4.78 is 0. The quantitative estimate of drug-likeness (QED) is 0.114. The van der Waals surface area contributed by atoms with Crippen LogP contribution in [0.4, 0.5) is 0 Å². The first-order chi connectivity index (χ1) is 37.2. The lowest BCUT2D eigenvalue weighted by molar-refractivity contribution is -0.143. The molecule has 5 aliphatic heterocycles. The van der Waals surface area contributed by atoms with Crippen LogP contribution in [0.2, 0.25) is 0 Å². The molecule has 2 aromatic carbocycles. The van der Waals surface area contributed by atoms with Crippen LogP contribution in [-0.4, -0.2) is 177 Å². The van der Waals surface area contributed by atoms with E-state index in [0.717, 1.165) is 33.8 Å². The molecule has 22 heteroatoms. The van der Waals surface area contributed by atoms with E-state index in [9.17, 15) is 28.8 Å². The topological polar surface area (TPSA) is 212 Å². The number of thioether (sulfide) groups is 2. The molecule has 9 rings (SSSR count). The Kier molecular flexibility index (Phi) is 18.2. The van der Waals surface area contributed by atoms with E-state index in [0.29, 0.717) is 88.0 Å². The Morgan fingerprint density at radius 1 is 0.590 bits per heavy atom. The fourth-order valence-electron chi connectivity index (χ4n) is 12.8. The highest BCUT2D eigenvalue weighted by atomic mass is 32.2. The van der Waals surface area contributed by atoms with Crippen molar-refractivity contribution in [3.05, 3.63) is 70.8 Å². The number of carbonyl (C=O) groups excluding carboxylic acids is 6. The van der Waals surface area contributed by atoms with Gasteiger partial charge in [-0.25, -0.2) is 0 Å². The van der Waals surface area contributed by atoms with Crippen molar-refractivity contribution in [3.63, 3.8) is 0 Å². The predicted octanol–water partition coefficient (Wildman–Crippen LogP) is 2.78. The number of piperazine rings is 1. The predicted molar refractivity (Wildman–Crippen MR) is 314 cm³/mol. The molecule has 7 aliphatic rings. The van der Waals surface area contributed by atoms with Crippen molar-refractivity contribution in [1.29, 1.82) is 0 Å². The Morgan fingerprint density at radius 2 is 0.962 bits per heavy atom. The summed E-state index contributed by atoms with van der Waals surface area (Å²) >= 11 is 14.7. The first kappa shape index (κ1) is 58.2. The lowest BCUT2D eigenvalue weighted by Gasteiger charge is -2.36. The molecule has 424 valence electrons. The second kappa shape index (κ2) is 24.4. The van der Waals surface area contributed by atoms with Gasteiger partial charge in [0, 0.05) is 26.2 Å². The standard InChI is InChI=1S/C56H80N12O6S4/c1-31(57-7)51(75)61-39-17-23-77-41-27-55(3,4)45(67(41)53(39)73)49(71)63-43-35-15-11-9-13-33(35)25-37(43)47(69)59-29-65-19-21-66(22-20-65)30-60-48(70)38-26-34-14-10-12-16-36(34)44(38)64-50(72)46-56(5,6)28-42-68(46)54(74)40(18-24-78-42)62-52(76)32(2)58-8/h9-16,31-32,37-46,57-58H,17-30H2,1-8H3,(H,59,69)(H,60,70)(H,61,75)(H,62,76)(H,63,71)(H,64,72)/t31-,32-,37+,38+,39-,40-,41-,42-,43-,44-,45+,46+/m0/s1. The van der Waals surface area contributed by atoms with E-state index in [2.05, 4.69) is 52.3 Å². The van der Waals surface area contributed by atoms with E-state index >= 15 is 0 Å². The summed E-state index contributed by atoms with van der Waals surface area (Å²) in [5.74, 6) is -0.667. The van der Waals surface area contributed by atoms with Crippen LogP contribution in [-0.2, 0) is 41.6 Å². The van der Waals surface area contributed by atoms with Crippen molar-refractivity contribution >= 4 is 93.4 Å². The molecule has 78 heavy (non-hydrogen) atoms. The number of thiocarbonyl (C=S) groups is 2. The average molecular weight is 1150 g/mol. The zero-order valence-electron chi connectivity index (χ0n) is 46.3. The number of amides is 6. The van der Waals surface area contributed by atoms with Gasteiger partial charge in [0.2, 0.25) is 35.4 Å². The fourth-order valence-corrected chi connectivity index (χ4v) is 16.5. The molecule has 0 aromatic heterocycles. The van der Waals surface area contributed by atoms with Crippen molar-refractivity contribution < 1.29 is 28.8 Å². The van der Waals surface area contributed by atoms with Gasteiger partial charge in [-0.15, -0.1) is 23.5 Å². The Morgan fingerprint density at radius 3 is 1.33 bits per heavy atom. The number of hydrogen-bond acceptors (Lipinski definition) is 14. The number of carbonyl (C=O) groups is 6. The lowest BCUT2D eigenvalue weighted by atomic mass is 9.83. The maximum atomic E-state index is 14.7. The van der Waals surface area contributed by atoms with Crippen LogP contribution in [0.25, 0.3) is 0 Å². The van der Waals surface area contributed by atoms with Gasteiger partial charge in [-0.1, -0.05) is 101 Å². The molecule has 12 atom stereocenters. The molecule has 2 aliphatic carbocycles. The van der Waals surface area contributed by atoms with Crippen molar-refractivity contribution in [3.8, 4) is 0 Å². The zero-order chi connectivity index (χ0) is 55.8. The van der Waals surface area contributed by atoms with Crippen LogP contribution >= 0.6 is 48.0 Å². The number of nitrogens with zero attached hydrogens (tertiary/aromatic N) is 4. The molecule has 6 amide bonds. The largest absolute Gasteiger partial charge is 0.367 e. The van der Waals surface area contributed by atoms with Crippen molar-refractivity contribution in [2.75, 3.05) is 65.1 Å². The van der Waals surface area contributed by atoms with E-state index in [1.807, 2.05) is 104 Å². The number of rotatable bonds is 16. The number of fused-ring (bicyclic) bond motifs is 4. The number of likely N-dealkylation sites (N-methyl/N-ethyl adjacent to an activating group) is 2. The maximum Gasteiger partial charge on any atom is 0.246 e. The summed E-state index contributed by atoms with van der Waals surface area (Å²) in [6.45, 7) is 15.4. The Bertz CT molecular complexity index is 2460. The molecular formula is C56H80N12O6S4. The first-order valence-electron chi connectivity index (χ1n) is 27.8. The van der Waals surface area contributed by atoms with Gasteiger partial charge >= 0.3 is 0 Å². The van der Waals surface area contributed by atoms with E-state index in [-0.39, 0.29) is 58.3 Å². The van der Waals surface area contributed by atoms with Gasteiger partial charge in [0.15, 0.2) is 0 Å². The molecule has 18 nitrogen and oxygen atoms in total. The number of nitrogens with one attached hydrogen (secondary N) is 8. The molecule has 8 N–H and O–H groups in total. The fraction of sp³-hybridized carbons (Fsp3) is 0.643. The Balaban J connectivity index is 0.788. The summed E-state index contributed by atoms with van der Waals surface area (Å²) in [6.07, 6.45) is 3.48. The van der Waals surface area contributed by atoms with Crippen LogP contribution in [0.1, 0.15) is 102 Å². The highest BCUT2D eigenvalue weighted by Gasteiger charge is 2.57. The smallest absolute Gasteiger partial charge is 0.246 e. The van der Waals surface area contributed by atoms with Gasteiger partial charge in [0.25, 0.3) is 0 Å². The summed E-state index contributed by atoms with van der Waals surface area (Å²) in [7, 11) is 3.65. The summed E-state index contributed by atoms with van der Waals surface area (Å²) in [5.41, 5.74) is 2.81.